The average Bonchev–Trinajstić information content (AvgIpc) is 3.15. The molecule has 0 amide bonds. The maximum Gasteiger partial charge on any atom is 0.164 e. The number of nitrogens with one attached hydrogen (secondary N) is 1. The van der Waals surface area contributed by atoms with Gasteiger partial charge >= 0.3 is 0 Å². The second-order valence-corrected chi connectivity index (χ2v) is 7.20. The van der Waals surface area contributed by atoms with E-state index in [1.54, 1.807) is 0 Å². The fourth-order valence-corrected chi connectivity index (χ4v) is 4.53. The van der Waals surface area contributed by atoms with Crippen molar-refractivity contribution in [3.63, 3.8) is 0 Å². The highest BCUT2D eigenvalue weighted by Gasteiger charge is 2.46. The third kappa shape index (κ3) is 2.68. The molecule has 23 heavy (non-hydrogen) atoms. The molecule has 5 heteroatoms. The molecule has 0 aliphatic carbocycles. The predicted octanol–water partition coefficient (Wildman–Crippen LogP) is 2.16. The molecule has 0 radical (unpaired) electrons. The van der Waals surface area contributed by atoms with Crippen LogP contribution in [0.25, 0.3) is 0 Å². The maximum absolute atomic E-state index is 4.46. The number of H-pyrrole nitrogens is 1. The number of fused-ring (bicyclic) bond motifs is 1. The van der Waals surface area contributed by atoms with Gasteiger partial charge < -0.3 is 0 Å². The largest absolute Gasteiger partial charge is 0.299 e. The zero-order chi connectivity index (χ0) is 16.0. The Morgan fingerprint density at radius 2 is 2.00 bits per heavy atom. The van der Waals surface area contributed by atoms with Gasteiger partial charge in [0.2, 0.25) is 0 Å². The molecule has 2 aromatic rings. The molecule has 0 spiro atoms. The number of hydrogen-bond acceptors (Lipinski definition) is 4. The van der Waals surface area contributed by atoms with E-state index < -0.39 is 0 Å². The number of hydrogen-bond donors (Lipinski definition) is 1. The number of likely N-dealkylation sites (tertiary alicyclic amines) is 2. The van der Waals surface area contributed by atoms with Gasteiger partial charge in [-0.05, 0) is 43.9 Å². The SMILES string of the molecule is Cc1nc(CN2C[C@@H]3CN(C)[C@@H](c4ccccc4C)[C@@H]3C2)n[nH]1. The molecule has 3 atom stereocenters. The Morgan fingerprint density at radius 3 is 2.74 bits per heavy atom. The molecule has 2 fully saturated rings. The topological polar surface area (TPSA) is 48.1 Å². The summed E-state index contributed by atoms with van der Waals surface area (Å²) < 4.78 is 0. The number of aromatic amines is 1. The maximum atomic E-state index is 4.46. The summed E-state index contributed by atoms with van der Waals surface area (Å²) in [4.78, 5) is 9.53. The third-order valence-corrected chi connectivity index (χ3v) is 5.49. The van der Waals surface area contributed by atoms with Crippen LogP contribution in [0.5, 0.6) is 0 Å². The van der Waals surface area contributed by atoms with Gasteiger partial charge in [0.25, 0.3) is 0 Å². The van der Waals surface area contributed by atoms with E-state index >= 15 is 0 Å². The molecule has 122 valence electrons. The minimum atomic E-state index is 0.542. The molecule has 1 aromatic heterocycles. The van der Waals surface area contributed by atoms with Crippen LogP contribution in [-0.2, 0) is 6.54 Å². The third-order valence-electron chi connectivity index (χ3n) is 5.49. The van der Waals surface area contributed by atoms with Gasteiger partial charge in [-0.1, -0.05) is 24.3 Å². The molecule has 2 aliphatic heterocycles. The van der Waals surface area contributed by atoms with Crippen molar-refractivity contribution in [2.75, 3.05) is 26.7 Å². The van der Waals surface area contributed by atoms with Crippen LogP contribution < -0.4 is 0 Å². The zero-order valence-corrected chi connectivity index (χ0v) is 14.2. The second-order valence-electron chi connectivity index (χ2n) is 7.20. The van der Waals surface area contributed by atoms with Crippen molar-refractivity contribution in [3.05, 3.63) is 47.0 Å². The Bertz CT molecular complexity index is 694. The summed E-state index contributed by atoms with van der Waals surface area (Å²) in [6.45, 7) is 8.54. The van der Waals surface area contributed by atoms with Gasteiger partial charge in [-0.3, -0.25) is 14.9 Å². The van der Waals surface area contributed by atoms with E-state index in [4.69, 9.17) is 0 Å². The highest BCUT2D eigenvalue weighted by molar-refractivity contribution is 5.31. The quantitative estimate of drug-likeness (QED) is 0.943. The predicted molar refractivity (Wildman–Crippen MR) is 89.9 cm³/mol. The van der Waals surface area contributed by atoms with Crippen molar-refractivity contribution in [1.29, 1.82) is 0 Å². The van der Waals surface area contributed by atoms with E-state index in [0.717, 1.165) is 37.2 Å². The molecule has 4 rings (SSSR count). The molecule has 1 aromatic carbocycles. The van der Waals surface area contributed by atoms with Crippen molar-refractivity contribution in [2.45, 2.75) is 26.4 Å². The molecule has 1 N–H and O–H groups in total. The Morgan fingerprint density at radius 1 is 1.17 bits per heavy atom. The molecule has 0 saturated carbocycles. The average molecular weight is 311 g/mol. The number of aryl methyl sites for hydroxylation is 2. The fourth-order valence-electron chi connectivity index (χ4n) is 4.53. The van der Waals surface area contributed by atoms with Gasteiger partial charge in [0.15, 0.2) is 5.82 Å². The highest BCUT2D eigenvalue weighted by atomic mass is 15.3. The molecule has 2 saturated heterocycles. The van der Waals surface area contributed by atoms with Crippen molar-refractivity contribution >= 4 is 0 Å². The fraction of sp³-hybridized carbons (Fsp3) is 0.556. The molecule has 0 bridgehead atoms. The normalized spacial score (nSPS) is 28.4. The van der Waals surface area contributed by atoms with Gasteiger partial charge in [-0.25, -0.2) is 4.98 Å². The second kappa shape index (κ2) is 5.73. The van der Waals surface area contributed by atoms with Crippen molar-refractivity contribution in [2.24, 2.45) is 11.8 Å². The van der Waals surface area contributed by atoms with Crippen LogP contribution in [0.3, 0.4) is 0 Å². The first-order chi connectivity index (χ1) is 11.1. The van der Waals surface area contributed by atoms with Gasteiger partial charge in [0, 0.05) is 25.7 Å². The lowest BCUT2D eigenvalue weighted by Crippen LogP contribution is -2.29. The minimum Gasteiger partial charge on any atom is -0.299 e. The summed E-state index contributed by atoms with van der Waals surface area (Å²) >= 11 is 0. The van der Waals surface area contributed by atoms with Crippen molar-refractivity contribution in [1.82, 2.24) is 25.0 Å². The van der Waals surface area contributed by atoms with Crippen LogP contribution in [0.15, 0.2) is 24.3 Å². The van der Waals surface area contributed by atoms with Crippen LogP contribution in [0.2, 0.25) is 0 Å². The molecule has 2 aliphatic rings. The molecule has 3 heterocycles. The smallest absolute Gasteiger partial charge is 0.164 e. The first kappa shape index (κ1) is 14.8. The van der Waals surface area contributed by atoms with E-state index in [-0.39, 0.29) is 0 Å². The van der Waals surface area contributed by atoms with E-state index in [1.165, 1.54) is 17.7 Å². The van der Waals surface area contributed by atoms with Crippen molar-refractivity contribution in [3.8, 4) is 0 Å². The molecule has 5 nitrogen and oxygen atoms in total. The summed E-state index contributed by atoms with van der Waals surface area (Å²) in [5, 5.41) is 7.24. The lowest BCUT2D eigenvalue weighted by molar-refractivity contribution is 0.221. The van der Waals surface area contributed by atoms with Crippen LogP contribution in [0, 0.1) is 25.7 Å². The number of benzene rings is 1. The number of aromatic nitrogens is 3. The van der Waals surface area contributed by atoms with Crippen LogP contribution in [0.4, 0.5) is 0 Å². The van der Waals surface area contributed by atoms with E-state index in [2.05, 4.69) is 63.2 Å². The van der Waals surface area contributed by atoms with Gasteiger partial charge in [-0.2, -0.15) is 5.10 Å². The van der Waals surface area contributed by atoms with Gasteiger partial charge in [0.05, 0.1) is 6.54 Å². The summed E-state index contributed by atoms with van der Waals surface area (Å²) in [7, 11) is 2.28. The van der Waals surface area contributed by atoms with Crippen molar-refractivity contribution < 1.29 is 0 Å². The lowest BCUT2D eigenvalue weighted by Gasteiger charge is -2.27. The van der Waals surface area contributed by atoms with Gasteiger partial charge in [0.1, 0.15) is 5.82 Å². The monoisotopic (exact) mass is 311 g/mol. The summed E-state index contributed by atoms with van der Waals surface area (Å²) in [6.07, 6.45) is 0. The van der Waals surface area contributed by atoms with E-state index in [1.807, 2.05) is 6.92 Å². The Labute approximate surface area is 137 Å². The van der Waals surface area contributed by atoms with Crippen LogP contribution in [0.1, 0.15) is 28.8 Å². The minimum absolute atomic E-state index is 0.542. The van der Waals surface area contributed by atoms with Gasteiger partial charge in [-0.15, -0.1) is 0 Å². The number of rotatable bonds is 3. The summed E-state index contributed by atoms with van der Waals surface area (Å²) in [5.41, 5.74) is 2.91. The first-order valence-electron chi connectivity index (χ1n) is 8.48. The molecular weight excluding hydrogens is 286 g/mol. The summed E-state index contributed by atoms with van der Waals surface area (Å²) in [5.74, 6) is 3.28. The first-order valence-corrected chi connectivity index (χ1v) is 8.48. The van der Waals surface area contributed by atoms with Crippen LogP contribution in [-0.4, -0.2) is 51.7 Å². The standard InChI is InChI=1S/C18H25N5/c1-12-6-4-5-7-15(12)18-16-10-23(9-14(16)8-22(18)3)11-17-19-13(2)20-21-17/h4-7,14,16,18H,8-11H2,1-3H3,(H,19,20,21)/t14-,16+,18-/m0/s1. The summed E-state index contributed by atoms with van der Waals surface area (Å²) in [6, 6.07) is 9.39. The molecule has 0 unspecified atom stereocenters. The van der Waals surface area contributed by atoms with E-state index in [9.17, 15) is 0 Å². The lowest BCUT2D eigenvalue weighted by atomic mass is 9.88. The molecular formula is C18H25N5. The number of nitrogens with zero attached hydrogens (tertiary/aromatic N) is 4. The Balaban J connectivity index is 1.52. The van der Waals surface area contributed by atoms with Crippen LogP contribution >= 0.6 is 0 Å². The van der Waals surface area contributed by atoms with E-state index in [0.29, 0.717) is 12.0 Å². The Hall–Kier alpha value is -1.72. The zero-order valence-electron chi connectivity index (χ0n) is 14.2. The highest BCUT2D eigenvalue weighted by Crippen LogP contribution is 2.44. The Kier molecular flexibility index (Phi) is 3.70.